The van der Waals surface area contributed by atoms with Crippen LogP contribution in [-0.4, -0.2) is 33.8 Å². The summed E-state index contributed by atoms with van der Waals surface area (Å²) in [6.07, 6.45) is 4.89. The van der Waals surface area contributed by atoms with Crippen LogP contribution >= 0.6 is 0 Å². The number of hydrogen-bond donors (Lipinski definition) is 2. The Bertz CT molecular complexity index is 1010. The lowest BCUT2D eigenvalue weighted by Gasteiger charge is -2.19. The molecule has 7 nitrogen and oxygen atoms in total. The Morgan fingerprint density at radius 1 is 1.46 bits per heavy atom. The molecule has 1 aliphatic rings. The molecule has 1 fully saturated rings. The maximum atomic E-state index is 11.8. The van der Waals surface area contributed by atoms with E-state index in [2.05, 4.69) is 17.2 Å². The van der Waals surface area contributed by atoms with Gasteiger partial charge in [-0.3, -0.25) is 14.0 Å². The number of pyridine rings is 1. The van der Waals surface area contributed by atoms with Gasteiger partial charge >= 0.3 is 0 Å². The highest BCUT2D eigenvalue weighted by atomic mass is 16.5. The Morgan fingerprint density at radius 2 is 2.31 bits per heavy atom. The third-order valence-electron chi connectivity index (χ3n) is 5.04. The quantitative estimate of drug-likeness (QED) is 0.732. The third kappa shape index (κ3) is 2.65. The van der Waals surface area contributed by atoms with E-state index in [4.69, 9.17) is 10.5 Å². The molecular weight excluding hydrogens is 332 g/mol. The minimum absolute atomic E-state index is 0.00431. The normalized spacial score (nSPS) is 19.8. The molecule has 3 N–H and O–H groups in total. The zero-order chi connectivity index (χ0) is 18.3. The molecule has 2 amide bonds. The van der Waals surface area contributed by atoms with Gasteiger partial charge in [0, 0.05) is 24.2 Å². The molecule has 1 aromatic carbocycles. The van der Waals surface area contributed by atoms with E-state index in [0.717, 1.165) is 17.3 Å². The van der Waals surface area contributed by atoms with Gasteiger partial charge in [0.05, 0.1) is 17.1 Å². The highest BCUT2D eigenvalue weighted by Crippen LogP contribution is 2.29. The summed E-state index contributed by atoms with van der Waals surface area (Å²) < 4.78 is 7.87. The van der Waals surface area contributed by atoms with Gasteiger partial charge in [0.15, 0.2) is 0 Å². The number of rotatable bonds is 5. The second-order valence-electron chi connectivity index (χ2n) is 6.59. The molecule has 4 rings (SSSR count). The maximum absolute atomic E-state index is 11.8. The second kappa shape index (κ2) is 6.33. The Hall–Kier alpha value is -3.09. The fourth-order valence-corrected chi connectivity index (χ4v) is 3.65. The molecule has 0 bridgehead atoms. The van der Waals surface area contributed by atoms with Gasteiger partial charge in [-0.25, -0.2) is 4.98 Å². The number of fused-ring (bicyclic) bond motifs is 3. The van der Waals surface area contributed by atoms with E-state index in [0.29, 0.717) is 30.0 Å². The monoisotopic (exact) mass is 352 g/mol. The number of ether oxygens (including phenoxy) is 1. The van der Waals surface area contributed by atoms with Gasteiger partial charge < -0.3 is 15.8 Å². The largest absolute Gasteiger partial charge is 0.491 e. The van der Waals surface area contributed by atoms with Crippen LogP contribution in [0.1, 0.15) is 30.1 Å². The van der Waals surface area contributed by atoms with Gasteiger partial charge in [0.2, 0.25) is 5.91 Å². The van der Waals surface area contributed by atoms with E-state index in [1.807, 2.05) is 22.6 Å². The zero-order valence-electron chi connectivity index (χ0n) is 14.4. The van der Waals surface area contributed by atoms with Crippen LogP contribution in [0.25, 0.3) is 16.6 Å². The van der Waals surface area contributed by atoms with Gasteiger partial charge in [-0.15, -0.1) is 0 Å². The van der Waals surface area contributed by atoms with Gasteiger partial charge in [-0.2, -0.15) is 0 Å². The Morgan fingerprint density at radius 3 is 3.08 bits per heavy atom. The van der Waals surface area contributed by atoms with Crippen LogP contribution in [0, 0.1) is 5.92 Å². The molecule has 0 saturated carbocycles. The van der Waals surface area contributed by atoms with Crippen LogP contribution in [0.2, 0.25) is 0 Å². The van der Waals surface area contributed by atoms with Crippen molar-refractivity contribution in [3.63, 3.8) is 0 Å². The van der Waals surface area contributed by atoms with Gasteiger partial charge in [0.25, 0.3) is 5.91 Å². The number of benzene rings is 1. The van der Waals surface area contributed by atoms with Gasteiger partial charge in [0.1, 0.15) is 18.0 Å². The number of aromatic nitrogens is 2. The van der Waals surface area contributed by atoms with Crippen molar-refractivity contribution >= 4 is 28.4 Å². The minimum atomic E-state index is -0.535. The lowest BCUT2D eigenvalue weighted by molar-refractivity contribution is -0.119. The Labute approximate surface area is 150 Å². The number of hydrogen-bond acceptors (Lipinski definition) is 4. The molecule has 0 spiro atoms. The molecular formula is C19H20N4O3. The number of imidazole rings is 1. The third-order valence-corrected chi connectivity index (χ3v) is 5.04. The molecule has 0 unspecified atom stereocenters. The predicted molar refractivity (Wildman–Crippen MR) is 97.0 cm³/mol. The zero-order valence-corrected chi connectivity index (χ0v) is 14.4. The average Bonchev–Trinajstić information content (AvgIpc) is 3.25. The molecule has 2 atom stereocenters. The molecule has 2 aromatic heterocycles. The lowest BCUT2D eigenvalue weighted by Crippen LogP contribution is -2.34. The van der Waals surface area contributed by atoms with E-state index in [-0.39, 0.29) is 17.9 Å². The Kier molecular flexibility index (Phi) is 3.99. The van der Waals surface area contributed by atoms with Crippen LogP contribution < -0.4 is 15.8 Å². The number of primary amides is 1. The van der Waals surface area contributed by atoms with Gasteiger partial charge in [-0.05, 0) is 24.1 Å². The molecule has 3 aromatic rings. The summed E-state index contributed by atoms with van der Waals surface area (Å²) in [6, 6.07) is 7.41. The van der Waals surface area contributed by atoms with Crippen molar-refractivity contribution in [2.75, 3.05) is 6.61 Å². The molecule has 1 saturated heterocycles. The summed E-state index contributed by atoms with van der Waals surface area (Å²) in [4.78, 5) is 27.7. The first-order valence-electron chi connectivity index (χ1n) is 8.69. The molecule has 7 heteroatoms. The first-order valence-corrected chi connectivity index (χ1v) is 8.69. The van der Waals surface area contributed by atoms with Crippen molar-refractivity contribution in [3.05, 3.63) is 42.2 Å². The molecule has 3 heterocycles. The van der Waals surface area contributed by atoms with Crippen LogP contribution in [-0.2, 0) is 4.79 Å². The molecule has 26 heavy (non-hydrogen) atoms. The van der Waals surface area contributed by atoms with E-state index < -0.39 is 5.91 Å². The molecule has 0 radical (unpaired) electrons. The molecule has 134 valence electrons. The number of nitrogens with one attached hydrogen (secondary N) is 1. The number of nitrogens with zero attached hydrogens (tertiary/aromatic N) is 2. The smallest absolute Gasteiger partial charge is 0.252 e. The summed E-state index contributed by atoms with van der Waals surface area (Å²) in [5.41, 5.74) is 7.27. The standard InChI is InChI=1S/C19H20N4O3/c1-2-11-8-17(24)22-14(11)10-26-16-5-3-4-15-12(16)9-13(18(20)25)19-21-6-7-23(15)19/h3-7,9,11,14H,2,8,10H2,1H3,(H2,20,25)(H,22,24)/t11-,14-/m1/s1. The first kappa shape index (κ1) is 16.4. The maximum Gasteiger partial charge on any atom is 0.252 e. The second-order valence-corrected chi connectivity index (χ2v) is 6.59. The average molecular weight is 352 g/mol. The van der Waals surface area contributed by atoms with E-state index >= 15 is 0 Å². The topological polar surface area (TPSA) is 98.7 Å². The number of carbonyl (C=O) groups excluding carboxylic acids is 2. The van der Waals surface area contributed by atoms with E-state index in [1.54, 1.807) is 18.5 Å². The van der Waals surface area contributed by atoms with Crippen molar-refractivity contribution in [2.45, 2.75) is 25.8 Å². The summed E-state index contributed by atoms with van der Waals surface area (Å²) >= 11 is 0. The molecule has 1 aliphatic heterocycles. The van der Waals surface area contributed by atoms with Crippen LogP contribution in [0.3, 0.4) is 0 Å². The fraction of sp³-hybridized carbons (Fsp3) is 0.316. The van der Waals surface area contributed by atoms with Crippen LogP contribution in [0.5, 0.6) is 5.75 Å². The van der Waals surface area contributed by atoms with Crippen molar-refractivity contribution < 1.29 is 14.3 Å². The summed E-state index contributed by atoms with van der Waals surface area (Å²) in [5.74, 6) is 0.460. The van der Waals surface area contributed by atoms with Gasteiger partial charge in [-0.1, -0.05) is 19.4 Å². The van der Waals surface area contributed by atoms with E-state index in [9.17, 15) is 9.59 Å². The summed E-state index contributed by atoms with van der Waals surface area (Å²) in [7, 11) is 0. The van der Waals surface area contributed by atoms with E-state index in [1.165, 1.54) is 0 Å². The van der Waals surface area contributed by atoms with Crippen LogP contribution in [0.15, 0.2) is 36.7 Å². The predicted octanol–water partition coefficient (Wildman–Crippen LogP) is 1.88. The highest BCUT2D eigenvalue weighted by molar-refractivity contribution is 6.03. The van der Waals surface area contributed by atoms with Crippen molar-refractivity contribution in [1.29, 1.82) is 0 Å². The Balaban J connectivity index is 1.72. The van der Waals surface area contributed by atoms with Crippen molar-refractivity contribution in [3.8, 4) is 5.75 Å². The minimum Gasteiger partial charge on any atom is -0.491 e. The number of amides is 2. The number of nitrogens with two attached hydrogens (primary N) is 1. The molecule has 0 aliphatic carbocycles. The van der Waals surface area contributed by atoms with Crippen molar-refractivity contribution in [2.24, 2.45) is 11.7 Å². The highest BCUT2D eigenvalue weighted by Gasteiger charge is 2.31. The first-order chi connectivity index (χ1) is 12.6. The fourth-order valence-electron chi connectivity index (χ4n) is 3.65. The van der Waals surface area contributed by atoms with Crippen LogP contribution in [0.4, 0.5) is 0 Å². The van der Waals surface area contributed by atoms with Crippen molar-refractivity contribution in [1.82, 2.24) is 14.7 Å². The summed E-state index contributed by atoms with van der Waals surface area (Å²) in [5, 5.41) is 3.76. The summed E-state index contributed by atoms with van der Waals surface area (Å²) in [6.45, 7) is 2.46. The SMILES string of the molecule is CC[C@@H]1CC(=O)N[C@@H]1COc1cccc2c1cc(C(N)=O)c1nccn12. The lowest BCUT2D eigenvalue weighted by atomic mass is 9.98. The number of carbonyl (C=O) groups is 2.